The lowest BCUT2D eigenvalue weighted by molar-refractivity contribution is 0.221. The van der Waals surface area contributed by atoms with E-state index in [0.29, 0.717) is 5.82 Å². The molecule has 4 nitrogen and oxygen atoms in total. The maximum atomic E-state index is 5.62. The van der Waals surface area contributed by atoms with Crippen LogP contribution in [-0.2, 0) is 6.54 Å². The summed E-state index contributed by atoms with van der Waals surface area (Å²) in [5.41, 5.74) is 9.10. The van der Waals surface area contributed by atoms with E-state index in [1.165, 1.54) is 37.9 Å². The molecule has 0 aliphatic carbocycles. The number of likely N-dealkylation sites (tertiary alicyclic amines) is 1. The topological polar surface area (TPSA) is 57.9 Å². The Labute approximate surface area is 113 Å². The number of anilines is 1. The summed E-state index contributed by atoms with van der Waals surface area (Å²) in [4.78, 5) is 2.53. The van der Waals surface area contributed by atoms with Crippen LogP contribution in [0.2, 0.25) is 0 Å². The molecule has 0 spiro atoms. The van der Waals surface area contributed by atoms with Crippen LogP contribution in [-0.4, -0.2) is 28.2 Å². The molecule has 0 bridgehead atoms. The van der Waals surface area contributed by atoms with Gasteiger partial charge in [-0.05, 0) is 37.1 Å². The van der Waals surface area contributed by atoms with Crippen LogP contribution < -0.4 is 5.73 Å². The van der Waals surface area contributed by atoms with Crippen molar-refractivity contribution in [3.8, 4) is 11.3 Å². The second-order valence-corrected chi connectivity index (χ2v) is 5.24. The van der Waals surface area contributed by atoms with Gasteiger partial charge in [-0.2, -0.15) is 5.10 Å². The predicted molar refractivity (Wildman–Crippen MR) is 77.6 cm³/mol. The number of aromatic amines is 1. The number of nitrogen functional groups attached to an aromatic ring is 1. The largest absolute Gasteiger partial charge is 0.382 e. The molecular weight excluding hydrogens is 236 g/mol. The molecule has 0 radical (unpaired) electrons. The summed E-state index contributed by atoms with van der Waals surface area (Å²) in [6.45, 7) is 3.53. The van der Waals surface area contributed by atoms with Crippen molar-refractivity contribution in [1.29, 1.82) is 0 Å². The van der Waals surface area contributed by atoms with Crippen molar-refractivity contribution < 1.29 is 0 Å². The third-order valence-corrected chi connectivity index (χ3v) is 3.72. The molecule has 1 aliphatic heterocycles. The van der Waals surface area contributed by atoms with Crippen molar-refractivity contribution in [3.63, 3.8) is 0 Å². The van der Waals surface area contributed by atoms with Crippen molar-refractivity contribution in [1.82, 2.24) is 15.1 Å². The van der Waals surface area contributed by atoms with Crippen LogP contribution in [0.15, 0.2) is 30.3 Å². The predicted octanol–water partition coefficient (Wildman–Crippen LogP) is 2.64. The maximum absolute atomic E-state index is 5.62. The molecule has 0 atom stereocenters. The Balaban J connectivity index is 1.68. The zero-order valence-corrected chi connectivity index (χ0v) is 11.1. The van der Waals surface area contributed by atoms with E-state index in [9.17, 15) is 0 Å². The smallest absolute Gasteiger partial charge is 0.145 e. The number of H-pyrrole nitrogens is 1. The van der Waals surface area contributed by atoms with E-state index < -0.39 is 0 Å². The molecule has 2 heterocycles. The Morgan fingerprint density at radius 3 is 2.47 bits per heavy atom. The molecule has 19 heavy (non-hydrogen) atoms. The van der Waals surface area contributed by atoms with Crippen molar-refractivity contribution >= 4 is 5.82 Å². The highest BCUT2D eigenvalue weighted by Gasteiger charge is 2.10. The molecule has 1 aliphatic rings. The van der Waals surface area contributed by atoms with Gasteiger partial charge >= 0.3 is 0 Å². The first-order chi connectivity index (χ1) is 9.31. The van der Waals surface area contributed by atoms with Gasteiger partial charge in [-0.25, -0.2) is 0 Å². The Morgan fingerprint density at radius 1 is 1.11 bits per heavy atom. The van der Waals surface area contributed by atoms with Gasteiger partial charge < -0.3 is 5.73 Å². The minimum Gasteiger partial charge on any atom is -0.382 e. The fourth-order valence-electron chi connectivity index (χ4n) is 2.65. The highest BCUT2D eigenvalue weighted by molar-refractivity contribution is 5.62. The number of nitrogens with zero attached hydrogens (tertiary/aromatic N) is 2. The van der Waals surface area contributed by atoms with Gasteiger partial charge in [0.15, 0.2) is 0 Å². The molecule has 0 saturated carbocycles. The molecule has 4 heteroatoms. The van der Waals surface area contributed by atoms with Gasteiger partial charge in [0.1, 0.15) is 5.82 Å². The lowest BCUT2D eigenvalue weighted by Gasteiger charge is -2.26. The van der Waals surface area contributed by atoms with E-state index in [1.54, 1.807) is 0 Å². The summed E-state index contributed by atoms with van der Waals surface area (Å²) in [7, 11) is 0. The molecule has 100 valence electrons. The van der Waals surface area contributed by atoms with Crippen LogP contribution in [0.4, 0.5) is 5.82 Å². The van der Waals surface area contributed by atoms with Crippen molar-refractivity contribution in [2.45, 2.75) is 25.8 Å². The highest BCUT2D eigenvalue weighted by atomic mass is 15.2. The Morgan fingerprint density at radius 2 is 1.84 bits per heavy atom. The first kappa shape index (κ1) is 12.2. The van der Waals surface area contributed by atoms with Crippen LogP contribution in [0.25, 0.3) is 11.3 Å². The van der Waals surface area contributed by atoms with Crippen LogP contribution in [0, 0.1) is 0 Å². The quantitative estimate of drug-likeness (QED) is 0.887. The summed E-state index contributed by atoms with van der Waals surface area (Å²) in [6.07, 6.45) is 4.06. The van der Waals surface area contributed by atoms with Gasteiger partial charge in [-0.15, -0.1) is 0 Å². The molecular formula is C15H20N4. The lowest BCUT2D eigenvalue weighted by atomic mass is 10.1. The number of piperidine rings is 1. The Kier molecular flexibility index (Phi) is 3.51. The molecule has 3 N–H and O–H groups in total. The molecule has 1 fully saturated rings. The van der Waals surface area contributed by atoms with Crippen LogP contribution in [0.3, 0.4) is 0 Å². The van der Waals surface area contributed by atoms with Crippen molar-refractivity contribution in [2.75, 3.05) is 18.8 Å². The number of nitrogens with two attached hydrogens (primary N) is 1. The molecule has 2 aromatic rings. The highest BCUT2D eigenvalue weighted by Crippen LogP contribution is 2.20. The number of hydrogen-bond acceptors (Lipinski definition) is 3. The fraction of sp³-hybridized carbons (Fsp3) is 0.400. The minimum atomic E-state index is 0.535. The molecule has 1 aromatic carbocycles. The summed E-state index contributed by atoms with van der Waals surface area (Å²) in [5, 5.41) is 6.89. The number of hydrogen-bond donors (Lipinski definition) is 2. The van der Waals surface area contributed by atoms with Gasteiger partial charge in [-0.1, -0.05) is 30.7 Å². The van der Waals surface area contributed by atoms with Gasteiger partial charge in [0.05, 0.1) is 5.69 Å². The summed E-state index contributed by atoms with van der Waals surface area (Å²) in [6, 6.07) is 10.5. The van der Waals surface area contributed by atoms with Crippen LogP contribution >= 0.6 is 0 Å². The molecule has 0 amide bonds. The summed E-state index contributed by atoms with van der Waals surface area (Å²) in [5.74, 6) is 0.535. The van der Waals surface area contributed by atoms with Gasteiger partial charge in [0, 0.05) is 12.6 Å². The van der Waals surface area contributed by atoms with E-state index >= 15 is 0 Å². The number of aromatic nitrogens is 2. The monoisotopic (exact) mass is 256 g/mol. The zero-order chi connectivity index (χ0) is 13.1. The summed E-state index contributed by atoms with van der Waals surface area (Å²) >= 11 is 0. The van der Waals surface area contributed by atoms with Crippen LogP contribution in [0.1, 0.15) is 24.8 Å². The van der Waals surface area contributed by atoms with E-state index in [0.717, 1.165) is 17.8 Å². The van der Waals surface area contributed by atoms with E-state index in [-0.39, 0.29) is 0 Å². The molecule has 3 rings (SSSR count). The fourth-order valence-corrected chi connectivity index (χ4v) is 2.65. The van der Waals surface area contributed by atoms with Gasteiger partial charge in [0.25, 0.3) is 0 Å². The minimum absolute atomic E-state index is 0.535. The normalized spacial score (nSPS) is 16.6. The maximum Gasteiger partial charge on any atom is 0.145 e. The second kappa shape index (κ2) is 5.45. The number of benzene rings is 1. The summed E-state index contributed by atoms with van der Waals surface area (Å²) < 4.78 is 0. The molecule has 1 saturated heterocycles. The first-order valence-corrected chi connectivity index (χ1v) is 6.94. The average Bonchev–Trinajstić information content (AvgIpc) is 2.87. The average molecular weight is 256 g/mol. The Bertz CT molecular complexity index is 523. The van der Waals surface area contributed by atoms with E-state index in [1.807, 2.05) is 6.07 Å². The second-order valence-electron chi connectivity index (χ2n) is 5.24. The van der Waals surface area contributed by atoms with Crippen molar-refractivity contribution in [2.24, 2.45) is 0 Å². The standard InChI is InChI=1S/C15H20N4/c16-15-10-14(17-18-15)13-6-4-12(5-7-13)11-19-8-2-1-3-9-19/h4-7,10H,1-3,8-9,11H2,(H3,16,17,18). The Hall–Kier alpha value is -1.81. The van der Waals surface area contributed by atoms with Crippen molar-refractivity contribution in [3.05, 3.63) is 35.9 Å². The lowest BCUT2D eigenvalue weighted by Crippen LogP contribution is -2.28. The number of nitrogens with one attached hydrogen (secondary N) is 1. The van der Waals surface area contributed by atoms with E-state index in [2.05, 4.69) is 39.4 Å². The third-order valence-electron chi connectivity index (χ3n) is 3.72. The number of rotatable bonds is 3. The van der Waals surface area contributed by atoms with Gasteiger partial charge in [0.2, 0.25) is 0 Å². The van der Waals surface area contributed by atoms with E-state index in [4.69, 9.17) is 5.73 Å². The SMILES string of the molecule is Nc1cc(-c2ccc(CN3CCCCC3)cc2)[nH]n1. The molecule has 0 unspecified atom stereocenters. The van der Waals surface area contributed by atoms with Gasteiger partial charge in [-0.3, -0.25) is 10.00 Å². The first-order valence-electron chi connectivity index (χ1n) is 6.94. The molecule has 1 aromatic heterocycles. The third kappa shape index (κ3) is 2.96. The van der Waals surface area contributed by atoms with Crippen LogP contribution in [0.5, 0.6) is 0 Å². The zero-order valence-electron chi connectivity index (χ0n) is 11.1.